The normalized spacial score (nSPS) is 20.6. The molecule has 0 aromatic heterocycles. The van der Waals surface area contributed by atoms with Gasteiger partial charge in [0.25, 0.3) is 0 Å². The molecule has 2 rings (SSSR count). The van der Waals surface area contributed by atoms with Gasteiger partial charge in [-0.25, -0.2) is 0 Å². The number of anilines is 1. The van der Waals surface area contributed by atoms with Gasteiger partial charge in [0.2, 0.25) is 5.91 Å². The molecule has 0 aliphatic carbocycles. The zero-order valence-electron chi connectivity index (χ0n) is 11.8. The van der Waals surface area contributed by atoms with Crippen molar-refractivity contribution in [1.29, 1.82) is 0 Å². The number of aliphatic hydroxyl groups is 1. The summed E-state index contributed by atoms with van der Waals surface area (Å²) in [6, 6.07) is 7.93. The molecule has 0 fully saturated rings. The highest BCUT2D eigenvalue weighted by Crippen LogP contribution is 2.33. The van der Waals surface area contributed by atoms with Gasteiger partial charge in [0, 0.05) is 31.2 Å². The minimum atomic E-state index is -0.0144. The fraction of sp³-hybridized carbons (Fsp3) is 0.533. The van der Waals surface area contributed by atoms with E-state index in [1.54, 1.807) is 4.90 Å². The average Bonchev–Trinajstić information content (AvgIpc) is 2.41. The van der Waals surface area contributed by atoms with Crippen molar-refractivity contribution in [3.63, 3.8) is 0 Å². The Morgan fingerprint density at radius 1 is 1.42 bits per heavy atom. The summed E-state index contributed by atoms with van der Waals surface area (Å²) in [6.07, 6.45) is 0.441. The van der Waals surface area contributed by atoms with Crippen LogP contribution >= 0.6 is 0 Å². The summed E-state index contributed by atoms with van der Waals surface area (Å²) in [5.41, 5.74) is 2.08. The lowest BCUT2D eigenvalue weighted by molar-refractivity contribution is -0.119. The lowest BCUT2D eigenvalue weighted by Crippen LogP contribution is -2.44. The van der Waals surface area contributed by atoms with E-state index >= 15 is 0 Å². The number of hydrogen-bond acceptors (Lipinski definition) is 3. The number of carbonyl (C=O) groups excluding carboxylic acids is 1. The maximum absolute atomic E-state index is 12.0. The molecule has 1 unspecified atom stereocenters. The van der Waals surface area contributed by atoms with Crippen molar-refractivity contribution in [1.82, 2.24) is 5.32 Å². The molecule has 0 radical (unpaired) electrons. The van der Waals surface area contributed by atoms with E-state index in [0.29, 0.717) is 12.3 Å². The summed E-state index contributed by atoms with van der Waals surface area (Å²) >= 11 is 0. The topological polar surface area (TPSA) is 52.6 Å². The van der Waals surface area contributed by atoms with E-state index in [4.69, 9.17) is 0 Å². The molecule has 1 heterocycles. The van der Waals surface area contributed by atoms with E-state index in [2.05, 4.69) is 19.2 Å². The van der Waals surface area contributed by atoms with Crippen LogP contribution in [0.1, 0.15) is 31.9 Å². The van der Waals surface area contributed by atoms with Crippen molar-refractivity contribution in [3.05, 3.63) is 29.8 Å². The molecule has 0 saturated carbocycles. The van der Waals surface area contributed by atoms with Crippen LogP contribution in [0.25, 0.3) is 0 Å². The van der Waals surface area contributed by atoms with Gasteiger partial charge in [-0.05, 0) is 17.5 Å². The number of aliphatic hydroxyl groups excluding tert-OH is 1. The van der Waals surface area contributed by atoms with Gasteiger partial charge in [-0.1, -0.05) is 32.0 Å². The van der Waals surface area contributed by atoms with Gasteiger partial charge in [0.1, 0.15) is 0 Å². The SMILES string of the molecule is CC(C)[C@@H](CO)NC1CC(=O)N(C)c2ccccc21. The molecule has 19 heavy (non-hydrogen) atoms. The number of nitrogens with zero attached hydrogens (tertiary/aromatic N) is 1. The molecule has 1 aliphatic heterocycles. The predicted octanol–water partition coefficient (Wildman–Crippen LogP) is 1.70. The zero-order valence-corrected chi connectivity index (χ0v) is 11.8. The molecule has 2 atom stereocenters. The summed E-state index contributed by atoms with van der Waals surface area (Å²) in [6.45, 7) is 4.22. The van der Waals surface area contributed by atoms with Crippen LogP contribution in [0, 0.1) is 5.92 Å². The van der Waals surface area contributed by atoms with Gasteiger partial charge in [0.05, 0.1) is 6.61 Å². The average molecular weight is 262 g/mol. The van der Waals surface area contributed by atoms with Gasteiger partial charge in [-0.2, -0.15) is 0 Å². The maximum atomic E-state index is 12.0. The molecule has 4 nitrogen and oxygen atoms in total. The highest BCUT2D eigenvalue weighted by Gasteiger charge is 2.30. The largest absolute Gasteiger partial charge is 0.395 e. The fourth-order valence-electron chi connectivity index (χ4n) is 2.51. The first kappa shape index (κ1) is 14.0. The Morgan fingerprint density at radius 3 is 2.74 bits per heavy atom. The van der Waals surface area contributed by atoms with Crippen LogP contribution in [0.15, 0.2) is 24.3 Å². The Bertz CT molecular complexity index is 459. The third-order valence-corrected chi connectivity index (χ3v) is 3.84. The van der Waals surface area contributed by atoms with Crippen molar-refractivity contribution < 1.29 is 9.90 Å². The van der Waals surface area contributed by atoms with Gasteiger partial charge in [-0.3, -0.25) is 4.79 Å². The zero-order chi connectivity index (χ0) is 14.0. The second kappa shape index (κ2) is 5.72. The Morgan fingerprint density at radius 2 is 2.11 bits per heavy atom. The number of hydrogen-bond donors (Lipinski definition) is 2. The number of carbonyl (C=O) groups is 1. The summed E-state index contributed by atoms with van der Waals surface area (Å²) in [4.78, 5) is 13.7. The number of nitrogens with one attached hydrogen (secondary N) is 1. The molecule has 0 spiro atoms. The van der Waals surface area contributed by atoms with E-state index < -0.39 is 0 Å². The molecular weight excluding hydrogens is 240 g/mol. The summed E-state index contributed by atoms with van der Waals surface area (Å²) < 4.78 is 0. The lowest BCUT2D eigenvalue weighted by Gasteiger charge is -2.35. The number of benzene rings is 1. The van der Waals surface area contributed by atoms with E-state index in [-0.39, 0.29) is 24.6 Å². The van der Waals surface area contributed by atoms with Crippen molar-refractivity contribution >= 4 is 11.6 Å². The van der Waals surface area contributed by atoms with Crippen molar-refractivity contribution in [2.45, 2.75) is 32.4 Å². The van der Waals surface area contributed by atoms with Crippen molar-refractivity contribution in [2.75, 3.05) is 18.6 Å². The second-order valence-electron chi connectivity index (χ2n) is 5.47. The number of fused-ring (bicyclic) bond motifs is 1. The molecule has 1 aromatic rings. The molecule has 2 N–H and O–H groups in total. The van der Waals surface area contributed by atoms with E-state index in [1.165, 1.54) is 0 Å². The Hall–Kier alpha value is -1.39. The van der Waals surface area contributed by atoms with Crippen LogP contribution in [0.2, 0.25) is 0 Å². The molecule has 0 bridgehead atoms. The van der Waals surface area contributed by atoms with Crippen molar-refractivity contribution in [2.24, 2.45) is 5.92 Å². The first-order valence-corrected chi connectivity index (χ1v) is 6.77. The Labute approximate surface area is 114 Å². The van der Waals surface area contributed by atoms with Crippen molar-refractivity contribution in [3.8, 4) is 0 Å². The monoisotopic (exact) mass is 262 g/mol. The smallest absolute Gasteiger partial charge is 0.228 e. The first-order chi connectivity index (χ1) is 9.04. The highest BCUT2D eigenvalue weighted by atomic mass is 16.3. The maximum Gasteiger partial charge on any atom is 0.228 e. The second-order valence-corrected chi connectivity index (χ2v) is 5.47. The lowest BCUT2D eigenvalue weighted by atomic mass is 9.94. The van der Waals surface area contributed by atoms with Crippen LogP contribution in [0.3, 0.4) is 0 Å². The number of rotatable bonds is 4. The van der Waals surface area contributed by atoms with Gasteiger partial charge in [-0.15, -0.1) is 0 Å². The van der Waals surface area contributed by atoms with Crippen LogP contribution in [0.5, 0.6) is 0 Å². The molecular formula is C15H22N2O2. The van der Waals surface area contributed by atoms with Crippen LogP contribution in [0.4, 0.5) is 5.69 Å². The Kier molecular flexibility index (Phi) is 4.22. The summed E-state index contributed by atoms with van der Waals surface area (Å²) in [7, 11) is 1.81. The number of para-hydroxylation sites is 1. The fourth-order valence-corrected chi connectivity index (χ4v) is 2.51. The molecule has 1 amide bonds. The van der Waals surface area contributed by atoms with Crippen LogP contribution in [-0.2, 0) is 4.79 Å². The molecule has 104 valence electrons. The summed E-state index contributed by atoms with van der Waals surface area (Å²) in [5, 5.41) is 12.8. The highest BCUT2D eigenvalue weighted by molar-refractivity contribution is 5.96. The van der Waals surface area contributed by atoms with Crippen LogP contribution < -0.4 is 10.2 Å². The molecule has 0 saturated heterocycles. The number of amides is 1. The Balaban J connectivity index is 2.27. The van der Waals surface area contributed by atoms with E-state index in [1.807, 2.05) is 31.3 Å². The van der Waals surface area contributed by atoms with Crippen LogP contribution in [-0.4, -0.2) is 30.7 Å². The van der Waals surface area contributed by atoms with Gasteiger partial charge < -0.3 is 15.3 Å². The minimum Gasteiger partial charge on any atom is -0.395 e. The standard InChI is InChI=1S/C15H22N2O2/c1-10(2)13(9-18)16-12-8-15(19)17(3)14-7-5-4-6-11(12)14/h4-7,10,12-13,16,18H,8-9H2,1-3H3/t12?,13-/m1/s1. The third-order valence-electron chi connectivity index (χ3n) is 3.84. The molecule has 4 heteroatoms. The van der Waals surface area contributed by atoms with E-state index in [9.17, 15) is 9.90 Å². The van der Waals surface area contributed by atoms with E-state index in [0.717, 1.165) is 11.3 Å². The van der Waals surface area contributed by atoms with Gasteiger partial charge >= 0.3 is 0 Å². The molecule has 1 aromatic carbocycles. The third kappa shape index (κ3) is 2.80. The van der Waals surface area contributed by atoms with Gasteiger partial charge in [0.15, 0.2) is 0 Å². The minimum absolute atomic E-state index is 0.00858. The first-order valence-electron chi connectivity index (χ1n) is 6.77. The molecule has 1 aliphatic rings. The quantitative estimate of drug-likeness (QED) is 0.868. The predicted molar refractivity (Wildman–Crippen MR) is 76.1 cm³/mol. The summed E-state index contributed by atoms with van der Waals surface area (Å²) in [5.74, 6) is 0.434.